The SMILES string of the molecule is O=[SH](=O)Oc1cccc2ccccc12.[Zn]. The summed E-state index contributed by atoms with van der Waals surface area (Å²) in [4.78, 5) is 0. The van der Waals surface area contributed by atoms with E-state index in [0.29, 0.717) is 5.75 Å². The van der Waals surface area contributed by atoms with Gasteiger partial charge in [-0.25, -0.2) is 0 Å². The molecule has 0 aliphatic carbocycles. The molecule has 0 bridgehead atoms. The Balaban J connectivity index is 0.00000112. The van der Waals surface area contributed by atoms with Gasteiger partial charge in [-0.1, -0.05) is 36.4 Å². The predicted octanol–water partition coefficient (Wildman–Crippen LogP) is 1.74. The fourth-order valence-corrected chi connectivity index (χ4v) is 1.68. The largest absolute Gasteiger partial charge is 0.384 e. The minimum absolute atomic E-state index is 0. The van der Waals surface area contributed by atoms with Gasteiger partial charge in [0, 0.05) is 24.9 Å². The molecule has 0 fully saturated rings. The van der Waals surface area contributed by atoms with Crippen molar-refractivity contribution >= 4 is 21.8 Å². The van der Waals surface area contributed by atoms with Crippen LogP contribution in [0.1, 0.15) is 0 Å². The summed E-state index contributed by atoms with van der Waals surface area (Å²) in [6, 6.07) is 12.8. The van der Waals surface area contributed by atoms with Crippen molar-refractivity contribution in [2.75, 3.05) is 0 Å². The minimum Gasteiger partial charge on any atom is -0.384 e. The molecule has 0 saturated heterocycles. The van der Waals surface area contributed by atoms with Crippen molar-refractivity contribution in [3.8, 4) is 5.75 Å². The Bertz CT molecular complexity index is 524. The molecule has 2 aromatic rings. The maximum absolute atomic E-state index is 10.4. The normalized spacial score (nSPS) is 9.93. The third-order valence-electron chi connectivity index (χ3n) is 1.92. The molecule has 0 spiro atoms. The second-order valence-electron chi connectivity index (χ2n) is 2.79. The van der Waals surface area contributed by atoms with Gasteiger partial charge in [0.1, 0.15) is 5.75 Å². The van der Waals surface area contributed by atoms with Crippen molar-refractivity contribution in [1.29, 1.82) is 0 Å². The first-order valence-electron chi connectivity index (χ1n) is 4.07. The molecular weight excluding hydrogens is 266 g/mol. The molecule has 74 valence electrons. The Morgan fingerprint density at radius 1 is 0.933 bits per heavy atom. The van der Waals surface area contributed by atoms with Gasteiger partial charge >= 0.3 is 0 Å². The number of benzene rings is 2. The number of hydrogen-bond acceptors (Lipinski definition) is 3. The maximum Gasteiger partial charge on any atom is 0.299 e. The molecule has 0 aromatic heterocycles. The van der Waals surface area contributed by atoms with Crippen molar-refractivity contribution in [2.45, 2.75) is 0 Å². The van der Waals surface area contributed by atoms with Gasteiger partial charge < -0.3 is 4.18 Å². The first kappa shape index (κ1) is 12.1. The smallest absolute Gasteiger partial charge is 0.299 e. The van der Waals surface area contributed by atoms with E-state index in [1.54, 1.807) is 12.1 Å². The average Bonchev–Trinajstić information content (AvgIpc) is 2.18. The van der Waals surface area contributed by atoms with Crippen LogP contribution in [0.15, 0.2) is 42.5 Å². The third kappa shape index (κ3) is 2.77. The third-order valence-corrected chi connectivity index (χ3v) is 2.27. The van der Waals surface area contributed by atoms with Gasteiger partial charge in [-0.15, -0.1) is 0 Å². The fraction of sp³-hybridized carbons (Fsp3) is 0. The van der Waals surface area contributed by atoms with E-state index in [0.717, 1.165) is 10.8 Å². The number of thiol groups is 1. The summed E-state index contributed by atoms with van der Waals surface area (Å²) in [5, 5.41) is 1.76. The summed E-state index contributed by atoms with van der Waals surface area (Å²) >= 11 is 0. The maximum atomic E-state index is 10.4. The molecule has 0 amide bonds. The van der Waals surface area contributed by atoms with Gasteiger partial charge in [-0.3, -0.25) is 0 Å². The molecule has 15 heavy (non-hydrogen) atoms. The molecule has 3 nitrogen and oxygen atoms in total. The van der Waals surface area contributed by atoms with Crippen LogP contribution in [0.2, 0.25) is 0 Å². The van der Waals surface area contributed by atoms with E-state index in [2.05, 4.69) is 4.18 Å². The van der Waals surface area contributed by atoms with Gasteiger partial charge in [0.25, 0.3) is 11.0 Å². The first-order valence-corrected chi connectivity index (χ1v) is 5.17. The van der Waals surface area contributed by atoms with Crippen LogP contribution in [0.5, 0.6) is 5.75 Å². The Labute approximate surface area is 102 Å². The molecule has 0 heterocycles. The van der Waals surface area contributed by atoms with Crippen LogP contribution in [-0.2, 0) is 30.5 Å². The second kappa shape index (κ2) is 5.24. The van der Waals surface area contributed by atoms with Crippen LogP contribution < -0.4 is 4.18 Å². The molecule has 0 unspecified atom stereocenters. The van der Waals surface area contributed by atoms with Crippen LogP contribution in [0.3, 0.4) is 0 Å². The van der Waals surface area contributed by atoms with Crippen molar-refractivity contribution in [2.24, 2.45) is 0 Å². The quantitative estimate of drug-likeness (QED) is 0.670. The zero-order valence-electron chi connectivity index (χ0n) is 7.92. The standard InChI is InChI=1S/C10H8O3S.Zn/c11-14(12)13-10-7-3-5-8-4-1-2-6-9(8)10;/h1-7,14H;. The predicted molar refractivity (Wildman–Crippen MR) is 54.9 cm³/mol. The molecule has 2 aromatic carbocycles. The Kier molecular flexibility index (Phi) is 4.24. The van der Waals surface area contributed by atoms with E-state index >= 15 is 0 Å². The Morgan fingerprint density at radius 2 is 1.60 bits per heavy atom. The van der Waals surface area contributed by atoms with E-state index in [9.17, 15) is 8.42 Å². The van der Waals surface area contributed by atoms with Crippen molar-refractivity contribution in [1.82, 2.24) is 0 Å². The molecular formula is C10H8O3SZn. The van der Waals surface area contributed by atoms with E-state index in [1.807, 2.05) is 30.3 Å². The second-order valence-corrected chi connectivity index (χ2v) is 3.42. The summed E-state index contributed by atoms with van der Waals surface area (Å²) in [5.74, 6) is 0.374. The molecule has 0 aliphatic rings. The Hall–Kier alpha value is -0.927. The topological polar surface area (TPSA) is 43.4 Å². The summed E-state index contributed by atoms with van der Waals surface area (Å²) in [5.41, 5.74) is 0. The van der Waals surface area contributed by atoms with Crippen LogP contribution in [-0.4, -0.2) is 8.42 Å². The Morgan fingerprint density at radius 3 is 2.33 bits per heavy atom. The fourth-order valence-electron chi connectivity index (χ4n) is 1.36. The van der Waals surface area contributed by atoms with E-state index in [-0.39, 0.29) is 19.5 Å². The monoisotopic (exact) mass is 272 g/mol. The van der Waals surface area contributed by atoms with Gasteiger partial charge in [0.05, 0.1) is 0 Å². The summed E-state index contributed by atoms with van der Waals surface area (Å²) in [6.45, 7) is 0. The zero-order chi connectivity index (χ0) is 9.97. The van der Waals surface area contributed by atoms with E-state index < -0.39 is 11.0 Å². The van der Waals surface area contributed by atoms with E-state index in [1.165, 1.54) is 0 Å². The van der Waals surface area contributed by atoms with Crippen molar-refractivity contribution < 1.29 is 32.1 Å². The van der Waals surface area contributed by atoms with Crippen LogP contribution >= 0.6 is 0 Å². The van der Waals surface area contributed by atoms with Crippen LogP contribution in [0, 0.1) is 0 Å². The minimum atomic E-state index is -2.85. The summed E-state index contributed by atoms with van der Waals surface area (Å²) < 4.78 is 25.5. The molecule has 2 rings (SSSR count). The van der Waals surface area contributed by atoms with E-state index in [4.69, 9.17) is 0 Å². The number of fused-ring (bicyclic) bond motifs is 1. The number of hydrogen-bond donors (Lipinski definition) is 1. The molecule has 5 heteroatoms. The summed E-state index contributed by atoms with van der Waals surface area (Å²) in [6.07, 6.45) is 0. The van der Waals surface area contributed by atoms with Crippen molar-refractivity contribution in [3.05, 3.63) is 42.5 Å². The van der Waals surface area contributed by atoms with Gasteiger partial charge in [0.2, 0.25) is 0 Å². The number of rotatable bonds is 2. The van der Waals surface area contributed by atoms with Crippen LogP contribution in [0.4, 0.5) is 0 Å². The molecule has 0 N–H and O–H groups in total. The van der Waals surface area contributed by atoms with Gasteiger partial charge in [-0.2, -0.15) is 8.42 Å². The van der Waals surface area contributed by atoms with Crippen molar-refractivity contribution in [3.63, 3.8) is 0 Å². The molecule has 0 atom stereocenters. The summed E-state index contributed by atoms with van der Waals surface area (Å²) in [7, 11) is -2.85. The zero-order valence-corrected chi connectivity index (χ0v) is 11.8. The van der Waals surface area contributed by atoms with Gasteiger partial charge in [0.15, 0.2) is 0 Å². The van der Waals surface area contributed by atoms with Crippen LogP contribution in [0.25, 0.3) is 10.8 Å². The molecule has 0 radical (unpaired) electrons. The first-order chi connectivity index (χ1) is 6.77. The molecule has 0 aliphatic heterocycles. The van der Waals surface area contributed by atoms with Gasteiger partial charge in [-0.05, 0) is 11.5 Å². The molecule has 0 saturated carbocycles. The average molecular weight is 274 g/mol.